The molecule has 1 saturated heterocycles. The minimum atomic E-state index is -0.240. The first-order valence-corrected chi connectivity index (χ1v) is 8.67. The monoisotopic (exact) mass is 354 g/mol. The number of nitrogens with one attached hydrogen (secondary N) is 2. The maximum atomic E-state index is 12.2. The molecule has 1 aromatic carbocycles. The summed E-state index contributed by atoms with van der Waals surface area (Å²) >= 11 is 0. The summed E-state index contributed by atoms with van der Waals surface area (Å²) in [6.07, 6.45) is 4.15. The van der Waals surface area contributed by atoms with E-state index in [-0.39, 0.29) is 17.9 Å². The quantitative estimate of drug-likeness (QED) is 0.623. The van der Waals surface area contributed by atoms with Gasteiger partial charge in [0.1, 0.15) is 5.56 Å². The molecule has 7 heteroatoms. The van der Waals surface area contributed by atoms with Gasteiger partial charge in [-0.15, -0.1) is 0 Å². The molecule has 0 unspecified atom stereocenters. The highest BCUT2D eigenvalue weighted by Gasteiger charge is 2.23. The molecular weight excluding hydrogens is 332 g/mol. The maximum absolute atomic E-state index is 12.2. The van der Waals surface area contributed by atoms with E-state index in [1.807, 2.05) is 30.3 Å². The van der Waals surface area contributed by atoms with Gasteiger partial charge in [-0.1, -0.05) is 18.2 Å². The SMILES string of the molecule is O=C(CN1CCC(NC(=O)c2ccc[n+]([O-])c2)CC1)Nc1ccccc1. The number of anilines is 1. The Morgan fingerprint density at radius 3 is 2.54 bits per heavy atom. The normalized spacial score (nSPS) is 15.4. The second-order valence-corrected chi connectivity index (χ2v) is 6.39. The number of aromatic nitrogens is 1. The third-order valence-electron chi connectivity index (χ3n) is 4.38. The van der Waals surface area contributed by atoms with Gasteiger partial charge >= 0.3 is 0 Å². The molecule has 2 heterocycles. The zero-order valence-electron chi connectivity index (χ0n) is 14.4. The average molecular weight is 354 g/mol. The van der Waals surface area contributed by atoms with Gasteiger partial charge in [0.15, 0.2) is 12.4 Å². The molecule has 0 aliphatic carbocycles. The van der Waals surface area contributed by atoms with Crippen LogP contribution < -0.4 is 15.4 Å². The Kier molecular flexibility index (Phi) is 5.80. The van der Waals surface area contributed by atoms with Gasteiger partial charge in [0.05, 0.1) is 6.54 Å². The predicted molar refractivity (Wildman–Crippen MR) is 97.4 cm³/mol. The number of benzene rings is 1. The van der Waals surface area contributed by atoms with Crippen LogP contribution in [-0.4, -0.2) is 42.4 Å². The molecule has 0 bridgehead atoms. The van der Waals surface area contributed by atoms with Gasteiger partial charge in [-0.3, -0.25) is 14.5 Å². The molecule has 136 valence electrons. The highest BCUT2D eigenvalue weighted by molar-refractivity contribution is 5.94. The van der Waals surface area contributed by atoms with Crippen molar-refractivity contribution >= 4 is 17.5 Å². The van der Waals surface area contributed by atoms with Crippen molar-refractivity contribution in [2.45, 2.75) is 18.9 Å². The molecule has 1 fully saturated rings. The van der Waals surface area contributed by atoms with Crippen LogP contribution in [0.2, 0.25) is 0 Å². The minimum Gasteiger partial charge on any atom is -0.619 e. The molecule has 0 saturated carbocycles. The standard InChI is InChI=1S/C19H22N4O3/c24-18(20-16-6-2-1-3-7-16)14-22-11-8-17(9-12-22)21-19(25)15-5-4-10-23(26)13-15/h1-7,10,13,17H,8-9,11-12,14H2,(H,20,24)(H,21,25). The maximum Gasteiger partial charge on any atom is 0.257 e. The Morgan fingerprint density at radius 1 is 1.12 bits per heavy atom. The third-order valence-corrected chi connectivity index (χ3v) is 4.38. The highest BCUT2D eigenvalue weighted by atomic mass is 16.5. The van der Waals surface area contributed by atoms with Gasteiger partial charge in [-0.05, 0) is 31.0 Å². The second kappa shape index (κ2) is 8.44. The van der Waals surface area contributed by atoms with E-state index in [2.05, 4.69) is 15.5 Å². The number of rotatable bonds is 5. The number of likely N-dealkylation sites (tertiary alicyclic amines) is 1. The average Bonchev–Trinajstić information content (AvgIpc) is 2.64. The van der Waals surface area contributed by atoms with E-state index >= 15 is 0 Å². The lowest BCUT2D eigenvalue weighted by atomic mass is 10.0. The summed E-state index contributed by atoms with van der Waals surface area (Å²) < 4.78 is 0.614. The Labute approximate surface area is 152 Å². The van der Waals surface area contributed by atoms with Crippen LogP contribution in [0.5, 0.6) is 0 Å². The number of para-hydroxylation sites is 1. The lowest BCUT2D eigenvalue weighted by Crippen LogP contribution is -2.46. The van der Waals surface area contributed by atoms with Crippen LogP contribution in [0.1, 0.15) is 23.2 Å². The molecule has 3 rings (SSSR count). The van der Waals surface area contributed by atoms with E-state index in [9.17, 15) is 14.8 Å². The predicted octanol–water partition coefficient (Wildman–Crippen LogP) is 1.15. The molecule has 0 atom stereocenters. The fraction of sp³-hybridized carbons (Fsp3) is 0.316. The zero-order chi connectivity index (χ0) is 18.4. The van der Waals surface area contributed by atoms with Crippen molar-refractivity contribution in [3.8, 4) is 0 Å². The van der Waals surface area contributed by atoms with Crippen LogP contribution in [0, 0.1) is 5.21 Å². The third kappa shape index (κ3) is 5.03. The van der Waals surface area contributed by atoms with Gasteiger partial charge in [0, 0.05) is 30.9 Å². The minimum absolute atomic E-state index is 0.0389. The van der Waals surface area contributed by atoms with Gasteiger partial charge in [-0.25, -0.2) is 0 Å². The van der Waals surface area contributed by atoms with E-state index in [1.165, 1.54) is 12.4 Å². The fourth-order valence-corrected chi connectivity index (χ4v) is 3.02. The largest absolute Gasteiger partial charge is 0.619 e. The number of hydrogen-bond donors (Lipinski definition) is 2. The van der Waals surface area contributed by atoms with E-state index < -0.39 is 0 Å². The van der Waals surface area contributed by atoms with Crippen molar-refractivity contribution in [2.24, 2.45) is 0 Å². The van der Waals surface area contributed by atoms with E-state index in [0.29, 0.717) is 16.8 Å². The number of hydrogen-bond acceptors (Lipinski definition) is 4. The molecule has 1 aliphatic heterocycles. The zero-order valence-corrected chi connectivity index (χ0v) is 14.4. The lowest BCUT2D eigenvalue weighted by molar-refractivity contribution is -0.605. The summed E-state index contributed by atoms with van der Waals surface area (Å²) in [6.45, 7) is 1.82. The lowest BCUT2D eigenvalue weighted by Gasteiger charge is -2.31. The number of pyridine rings is 1. The summed E-state index contributed by atoms with van der Waals surface area (Å²) in [7, 11) is 0. The highest BCUT2D eigenvalue weighted by Crippen LogP contribution is 2.12. The molecule has 7 nitrogen and oxygen atoms in total. The number of carbonyl (C=O) groups excluding carboxylic acids is 2. The van der Waals surface area contributed by atoms with Gasteiger partial charge in [0.2, 0.25) is 5.91 Å². The van der Waals surface area contributed by atoms with Crippen LogP contribution in [0.15, 0.2) is 54.9 Å². The summed E-state index contributed by atoms with van der Waals surface area (Å²) in [6, 6.07) is 12.6. The Hall–Kier alpha value is -2.93. The molecule has 1 aliphatic rings. The Bertz CT molecular complexity index is 758. The second-order valence-electron chi connectivity index (χ2n) is 6.39. The van der Waals surface area contributed by atoms with Crippen molar-refractivity contribution in [3.05, 3.63) is 65.6 Å². The molecule has 0 radical (unpaired) electrons. The first kappa shape index (κ1) is 17.9. The molecule has 2 N–H and O–H groups in total. The van der Waals surface area contributed by atoms with E-state index in [1.54, 1.807) is 12.1 Å². The summed E-state index contributed by atoms with van der Waals surface area (Å²) in [4.78, 5) is 26.4. The van der Waals surface area contributed by atoms with Crippen molar-refractivity contribution in [1.29, 1.82) is 0 Å². The molecule has 2 amide bonds. The fourth-order valence-electron chi connectivity index (χ4n) is 3.02. The van der Waals surface area contributed by atoms with Gasteiger partial charge in [0.25, 0.3) is 5.91 Å². The van der Waals surface area contributed by atoms with Crippen molar-refractivity contribution in [1.82, 2.24) is 10.2 Å². The summed E-state index contributed by atoms with van der Waals surface area (Å²) in [5, 5.41) is 17.1. The van der Waals surface area contributed by atoms with E-state index in [0.717, 1.165) is 31.6 Å². The Balaban J connectivity index is 1.42. The number of amides is 2. The van der Waals surface area contributed by atoms with Crippen LogP contribution in [0.4, 0.5) is 5.69 Å². The topological polar surface area (TPSA) is 88.4 Å². The molecule has 0 spiro atoms. The number of nitrogens with zero attached hydrogens (tertiary/aromatic N) is 2. The van der Waals surface area contributed by atoms with Crippen molar-refractivity contribution in [2.75, 3.05) is 25.0 Å². The van der Waals surface area contributed by atoms with Crippen molar-refractivity contribution in [3.63, 3.8) is 0 Å². The Morgan fingerprint density at radius 2 is 1.85 bits per heavy atom. The number of piperidine rings is 1. The molecule has 1 aromatic heterocycles. The molecule has 26 heavy (non-hydrogen) atoms. The van der Waals surface area contributed by atoms with E-state index in [4.69, 9.17) is 0 Å². The summed E-state index contributed by atoms with van der Waals surface area (Å²) in [5.41, 5.74) is 1.14. The van der Waals surface area contributed by atoms with Crippen LogP contribution >= 0.6 is 0 Å². The molecule has 2 aromatic rings. The first-order chi connectivity index (χ1) is 12.6. The summed E-state index contributed by atoms with van der Waals surface area (Å²) in [5.74, 6) is -0.279. The van der Waals surface area contributed by atoms with Crippen LogP contribution in [0.25, 0.3) is 0 Å². The number of carbonyl (C=O) groups is 2. The molecular formula is C19H22N4O3. The van der Waals surface area contributed by atoms with Crippen LogP contribution in [-0.2, 0) is 4.79 Å². The van der Waals surface area contributed by atoms with Crippen molar-refractivity contribution < 1.29 is 14.3 Å². The van der Waals surface area contributed by atoms with Crippen LogP contribution in [0.3, 0.4) is 0 Å². The first-order valence-electron chi connectivity index (χ1n) is 8.67. The van der Waals surface area contributed by atoms with Gasteiger partial charge < -0.3 is 15.8 Å². The van der Waals surface area contributed by atoms with Gasteiger partial charge in [-0.2, -0.15) is 4.73 Å². The smallest absolute Gasteiger partial charge is 0.257 e.